The molecule has 0 atom stereocenters. The van der Waals surface area contributed by atoms with E-state index in [0.29, 0.717) is 33.4 Å². The van der Waals surface area contributed by atoms with Gasteiger partial charge >= 0.3 is 0 Å². The lowest BCUT2D eigenvalue weighted by Gasteiger charge is -2.38. The third-order valence-corrected chi connectivity index (χ3v) is 6.43. The predicted molar refractivity (Wildman–Crippen MR) is 104 cm³/mol. The van der Waals surface area contributed by atoms with Gasteiger partial charge in [0.25, 0.3) is 0 Å². The standard InChI is InChI=1S/C18H13Br2N3O2/c19-9-5-18(6-10(20)16(9)24)2-4-22-15-12(18)13-11-8(1-3-21-13)7-23-14(11)17(15)25/h5-7,22,25H,1-4H2. The topological polar surface area (TPSA) is 74.0 Å². The molecule has 4 aliphatic rings. The van der Waals surface area contributed by atoms with Crippen LogP contribution >= 0.6 is 31.9 Å². The highest BCUT2D eigenvalue weighted by molar-refractivity contribution is 9.13. The Bertz CT molecular complexity index is 1060. The van der Waals surface area contributed by atoms with Gasteiger partial charge in [0.15, 0.2) is 5.75 Å². The second kappa shape index (κ2) is 5.14. The number of halogens is 2. The van der Waals surface area contributed by atoms with Crippen LogP contribution in [0.3, 0.4) is 0 Å². The van der Waals surface area contributed by atoms with E-state index < -0.39 is 5.41 Å². The van der Waals surface area contributed by atoms with E-state index in [2.05, 4.69) is 42.2 Å². The van der Waals surface area contributed by atoms with Crippen molar-refractivity contribution in [3.63, 3.8) is 0 Å². The number of carbonyl (C=O) groups is 1. The highest BCUT2D eigenvalue weighted by atomic mass is 79.9. The number of nitrogens with zero attached hydrogens (tertiary/aromatic N) is 2. The summed E-state index contributed by atoms with van der Waals surface area (Å²) >= 11 is 6.81. The molecular weight excluding hydrogens is 450 g/mol. The summed E-state index contributed by atoms with van der Waals surface area (Å²) in [5.41, 5.74) is 2.83. The molecule has 1 aromatic rings. The summed E-state index contributed by atoms with van der Waals surface area (Å²) in [6.07, 6.45) is 7.33. The molecule has 3 heterocycles. The lowest BCUT2D eigenvalue weighted by Crippen LogP contribution is -2.44. The Labute approximate surface area is 160 Å². The van der Waals surface area contributed by atoms with Crippen LogP contribution in [0.1, 0.15) is 18.4 Å². The van der Waals surface area contributed by atoms with Crippen molar-refractivity contribution in [2.24, 2.45) is 9.98 Å². The number of phenols is 1. The quantitative estimate of drug-likeness (QED) is 0.581. The van der Waals surface area contributed by atoms with Crippen molar-refractivity contribution in [3.05, 3.63) is 37.3 Å². The van der Waals surface area contributed by atoms with E-state index >= 15 is 0 Å². The summed E-state index contributed by atoms with van der Waals surface area (Å²) in [4.78, 5) is 21.4. The van der Waals surface area contributed by atoms with Crippen LogP contribution in [0.4, 0.5) is 11.4 Å². The van der Waals surface area contributed by atoms with Crippen molar-refractivity contribution >= 4 is 60.8 Å². The summed E-state index contributed by atoms with van der Waals surface area (Å²) in [6, 6.07) is 0. The Morgan fingerprint density at radius 2 is 2.00 bits per heavy atom. The lowest BCUT2D eigenvalue weighted by atomic mass is 9.71. The van der Waals surface area contributed by atoms with Crippen molar-refractivity contribution in [2.75, 3.05) is 18.4 Å². The fourth-order valence-electron chi connectivity index (χ4n) is 4.16. The molecule has 0 amide bonds. The molecule has 5 nitrogen and oxygen atoms in total. The molecule has 7 heteroatoms. The predicted octanol–water partition coefficient (Wildman–Crippen LogP) is 2.48. The Morgan fingerprint density at radius 3 is 2.76 bits per heavy atom. The number of aromatic hydroxyl groups is 1. The van der Waals surface area contributed by atoms with Crippen molar-refractivity contribution in [3.8, 4) is 5.75 Å². The lowest BCUT2D eigenvalue weighted by molar-refractivity contribution is -0.111. The van der Waals surface area contributed by atoms with Crippen LogP contribution in [0.15, 0.2) is 31.1 Å². The molecule has 1 aromatic carbocycles. The van der Waals surface area contributed by atoms with Crippen LogP contribution in [0, 0.1) is 0 Å². The van der Waals surface area contributed by atoms with Gasteiger partial charge in [-0.3, -0.25) is 14.8 Å². The number of phenolic OH excluding ortho intramolecular Hbond substituents is 1. The van der Waals surface area contributed by atoms with E-state index in [1.54, 1.807) is 0 Å². The average molecular weight is 463 g/mol. The van der Waals surface area contributed by atoms with Gasteiger partial charge in [0, 0.05) is 35.5 Å². The first-order chi connectivity index (χ1) is 12.0. The maximum Gasteiger partial charge on any atom is 0.206 e. The summed E-state index contributed by atoms with van der Waals surface area (Å²) in [6.45, 7) is 1.39. The molecule has 0 bridgehead atoms. The minimum atomic E-state index is -0.497. The normalized spacial score (nSPS) is 22.0. The molecule has 1 aliphatic carbocycles. The van der Waals surface area contributed by atoms with Gasteiger partial charge in [0.05, 0.1) is 20.0 Å². The maximum absolute atomic E-state index is 12.2. The first-order valence-corrected chi connectivity index (χ1v) is 9.67. The number of Topliss-reactive ketones (excluding diaryl/α,β-unsaturated/α-hetero) is 1. The third-order valence-electron chi connectivity index (χ3n) is 5.25. The summed E-state index contributed by atoms with van der Waals surface area (Å²) in [7, 11) is 0. The number of nitrogens with one attached hydrogen (secondary N) is 1. The van der Waals surface area contributed by atoms with E-state index in [1.165, 1.54) is 0 Å². The molecule has 126 valence electrons. The fourth-order valence-corrected chi connectivity index (χ4v) is 5.67. The SMILES string of the molecule is O=C1C(Br)=CC2(C=C1Br)CCNc1c(O)c3c4c(c12)=NCCC=4C=N3. The first kappa shape index (κ1) is 15.5. The fraction of sp³-hybridized carbons (Fsp3) is 0.278. The van der Waals surface area contributed by atoms with Crippen LogP contribution in [-0.2, 0) is 10.2 Å². The van der Waals surface area contributed by atoms with Crippen LogP contribution in [0.2, 0.25) is 0 Å². The number of ketones is 1. The Kier molecular flexibility index (Phi) is 3.19. The molecule has 2 N–H and O–H groups in total. The molecule has 0 radical (unpaired) electrons. The second-order valence-corrected chi connectivity index (χ2v) is 8.33. The highest BCUT2D eigenvalue weighted by Crippen LogP contribution is 2.48. The number of anilines is 1. The molecule has 0 saturated carbocycles. The van der Waals surface area contributed by atoms with Crippen LogP contribution in [-0.4, -0.2) is 30.2 Å². The molecule has 0 saturated heterocycles. The Balaban J connectivity index is 1.94. The van der Waals surface area contributed by atoms with Crippen LogP contribution < -0.4 is 15.9 Å². The Morgan fingerprint density at radius 1 is 1.24 bits per heavy atom. The van der Waals surface area contributed by atoms with E-state index in [9.17, 15) is 9.90 Å². The van der Waals surface area contributed by atoms with Gasteiger partial charge in [-0.2, -0.15) is 0 Å². The first-order valence-electron chi connectivity index (χ1n) is 8.08. The van der Waals surface area contributed by atoms with E-state index in [-0.39, 0.29) is 11.5 Å². The number of hydrogen-bond donors (Lipinski definition) is 2. The largest absolute Gasteiger partial charge is 0.504 e. The minimum absolute atomic E-state index is 0.0720. The highest BCUT2D eigenvalue weighted by Gasteiger charge is 2.41. The monoisotopic (exact) mass is 461 g/mol. The van der Waals surface area contributed by atoms with Crippen molar-refractivity contribution in [1.29, 1.82) is 0 Å². The molecule has 1 spiro atoms. The van der Waals surface area contributed by atoms with Crippen molar-refractivity contribution in [1.82, 2.24) is 0 Å². The summed E-state index contributed by atoms with van der Waals surface area (Å²) in [5.74, 6) is 0.0966. The number of benzene rings is 1. The zero-order chi connectivity index (χ0) is 17.3. The maximum atomic E-state index is 12.2. The van der Waals surface area contributed by atoms with Gasteiger partial charge < -0.3 is 10.4 Å². The van der Waals surface area contributed by atoms with Gasteiger partial charge in [-0.15, -0.1) is 0 Å². The van der Waals surface area contributed by atoms with Crippen LogP contribution in [0.5, 0.6) is 5.75 Å². The summed E-state index contributed by atoms with van der Waals surface area (Å²) in [5, 5.41) is 16.0. The number of rotatable bonds is 0. The van der Waals surface area contributed by atoms with Gasteiger partial charge in [-0.05, 0) is 50.3 Å². The van der Waals surface area contributed by atoms with E-state index in [1.807, 2.05) is 18.4 Å². The number of allylic oxidation sites excluding steroid dienone is 4. The zero-order valence-corrected chi connectivity index (χ0v) is 16.2. The molecule has 0 unspecified atom stereocenters. The van der Waals surface area contributed by atoms with E-state index in [0.717, 1.165) is 34.6 Å². The zero-order valence-electron chi connectivity index (χ0n) is 13.1. The number of hydrogen-bond acceptors (Lipinski definition) is 5. The van der Waals surface area contributed by atoms with Crippen molar-refractivity contribution in [2.45, 2.75) is 18.3 Å². The molecule has 0 fully saturated rings. The van der Waals surface area contributed by atoms with Gasteiger partial charge in [0.1, 0.15) is 5.69 Å². The van der Waals surface area contributed by atoms with Gasteiger partial charge in [-0.25, -0.2) is 0 Å². The summed E-state index contributed by atoms with van der Waals surface area (Å²) < 4.78 is 1.05. The average Bonchev–Trinajstić information content (AvgIpc) is 3.03. The molecule has 3 aliphatic heterocycles. The van der Waals surface area contributed by atoms with E-state index in [4.69, 9.17) is 4.99 Å². The molecule has 25 heavy (non-hydrogen) atoms. The number of fused-ring (bicyclic) bond motifs is 3. The minimum Gasteiger partial charge on any atom is -0.504 e. The Hall–Kier alpha value is -1.73. The molecular formula is C18H13Br2N3O2. The third kappa shape index (κ3) is 1.96. The molecule has 5 rings (SSSR count). The number of aliphatic imine (C=N–C) groups is 1. The van der Waals surface area contributed by atoms with Gasteiger partial charge in [-0.1, -0.05) is 12.2 Å². The smallest absolute Gasteiger partial charge is 0.206 e. The molecule has 0 aromatic heterocycles. The van der Waals surface area contributed by atoms with Crippen molar-refractivity contribution < 1.29 is 9.90 Å². The second-order valence-electron chi connectivity index (χ2n) is 6.62. The van der Waals surface area contributed by atoms with Gasteiger partial charge in [0.2, 0.25) is 5.78 Å². The van der Waals surface area contributed by atoms with Crippen LogP contribution in [0.25, 0.3) is 5.57 Å². The number of carbonyl (C=O) groups excluding carboxylic acids is 1.